The average Bonchev–Trinajstić information content (AvgIpc) is 2.58. The van der Waals surface area contributed by atoms with Crippen LogP contribution in [0.2, 0.25) is 5.02 Å². The predicted molar refractivity (Wildman–Crippen MR) is 100 cm³/mol. The Labute approximate surface area is 151 Å². The van der Waals surface area contributed by atoms with Gasteiger partial charge < -0.3 is 10.6 Å². The molecule has 0 spiro atoms. The highest BCUT2D eigenvalue weighted by Gasteiger charge is 2.06. The molecule has 0 unspecified atom stereocenters. The third-order valence-electron chi connectivity index (χ3n) is 3.63. The first-order valence-corrected chi connectivity index (χ1v) is 8.34. The molecule has 0 saturated carbocycles. The fourth-order valence-corrected chi connectivity index (χ4v) is 2.61. The van der Waals surface area contributed by atoms with Gasteiger partial charge in [-0.05, 0) is 37.1 Å². The monoisotopic (exact) mass is 356 g/mol. The van der Waals surface area contributed by atoms with E-state index in [1.807, 2.05) is 37.3 Å². The van der Waals surface area contributed by atoms with Crippen LogP contribution in [0.1, 0.15) is 11.3 Å². The van der Waals surface area contributed by atoms with Crippen molar-refractivity contribution in [3.63, 3.8) is 0 Å². The lowest BCUT2D eigenvalue weighted by molar-refractivity contribution is 0.610. The second kappa shape index (κ2) is 7.94. The molecular formula is C19H18ClFN4. The van der Waals surface area contributed by atoms with Crippen LogP contribution in [0.25, 0.3) is 0 Å². The van der Waals surface area contributed by atoms with Crippen molar-refractivity contribution >= 4 is 29.1 Å². The second-order valence-corrected chi connectivity index (χ2v) is 6.00. The number of hydrogen-bond donors (Lipinski definition) is 2. The molecule has 0 radical (unpaired) electrons. The minimum absolute atomic E-state index is 0.191. The number of hydrogen-bond acceptors (Lipinski definition) is 4. The lowest BCUT2D eigenvalue weighted by atomic mass is 10.1. The molecule has 0 amide bonds. The minimum Gasteiger partial charge on any atom is -0.370 e. The molecule has 3 rings (SSSR count). The summed E-state index contributed by atoms with van der Waals surface area (Å²) in [6, 6.07) is 16.0. The van der Waals surface area contributed by atoms with Crippen molar-refractivity contribution in [2.24, 2.45) is 0 Å². The van der Waals surface area contributed by atoms with E-state index < -0.39 is 0 Å². The van der Waals surface area contributed by atoms with Crippen molar-refractivity contribution in [3.05, 3.63) is 76.7 Å². The highest BCUT2D eigenvalue weighted by Crippen LogP contribution is 2.23. The van der Waals surface area contributed by atoms with Crippen LogP contribution < -0.4 is 10.6 Å². The van der Waals surface area contributed by atoms with Crippen LogP contribution in [0, 0.1) is 12.7 Å². The van der Waals surface area contributed by atoms with Gasteiger partial charge >= 0.3 is 0 Å². The molecule has 128 valence electrons. The Morgan fingerprint density at radius 3 is 2.60 bits per heavy atom. The SMILES string of the molecule is Cc1cc(NCCc2ccccc2F)nc(Nc2ccccc2Cl)n1. The molecule has 4 nitrogen and oxygen atoms in total. The Balaban J connectivity index is 1.67. The highest BCUT2D eigenvalue weighted by molar-refractivity contribution is 6.33. The summed E-state index contributed by atoms with van der Waals surface area (Å²) in [5.41, 5.74) is 2.24. The van der Waals surface area contributed by atoms with Crippen LogP contribution >= 0.6 is 11.6 Å². The fourth-order valence-electron chi connectivity index (χ4n) is 2.42. The topological polar surface area (TPSA) is 49.8 Å². The number of anilines is 3. The van der Waals surface area contributed by atoms with Crippen molar-refractivity contribution in [1.82, 2.24) is 9.97 Å². The van der Waals surface area contributed by atoms with Crippen LogP contribution in [-0.2, 0) is 6.42 Å². The number of benzene rings is 2. The molecule has 25 heavy (non-hydrogen) atoms. The average molecular weight is 357 g/mol. The van der Waals surface area contributed by atoms with E-state index in [9.17, 15) is 4.39 Å². The van der Waals surface area contributed by atoms with E-state index in [1.54, 1.807) is 18.2 Å². The number of para-hydroxylation sites is 1. The number of nitrogens with zero attached hydrogens (tertiary/aromatic N) is 2. The normalized spacial score (nSPS) is 10.5. The van der Waals surface area contributed by atoms with Crippen molar-refractivity contribution < 1.29 is 4.39 Å². The van der Waals surface area contributed by atoms with Crippen molar-refractivity contribution in [3.8, 4) is 0 Å². The number of nitrogens with one attached hydrogen (secondary N) is 2. The molecule has 0 aliphatic rings. The first kappa shape index (κ1) is 17.2. The van der Waals surface area contributed by atoms with Crippen LogP contribution in [0.15, 0.2) is 54.6 Å². The van der Waals surface area contributed by atoms with Crippen LogP contribution in [0.3, 0.4) is 0 Å². The van der Waals surface area contributed by atoms with E-state index in [0.29, 0.717) is 35.3 Å². The third-order valence-corrected chi connectivity index (χ3v) is 3.96. The zero-order valence-electron chi connectivity index (χ0n) is 13.8. The van der Waals surface area contributed by atoms with Gasteiger partial charge in [0.15, 0.2) is 0 Å². The van der Waals surface area contributed by atoms with Gasteiger partial charge in [-0.2, -0.15) is 4.98 Å². The van der Waals surface area contributed by atoms with Gasteiger partial charge in [0.25, 0.3) is 0 Å². The Bertz CT molecular complexity index is 870. The van der Waals surface area contributed by atoms with Gasteiger partial charge in [0.2, 0.25) is 5.95 Å². The maximum absolute atomic E-state index is 13.6. The first-order chi connectivity index (χ1) is 12.1. The summed E-state index contributed by atoms with van der Waals surface area (Å²) < 4.78 is 13.6. The van der Waals surface area contributed by atoms with Gasteiger partial charge in [0, 0.05) is 18.3 Å². The molecule has 1 aromatic heterocycles. The highest BCUT2D eigenvalue weighted by atomic mass is 35.5. The molecule has 0 aliphatic heterocycles. The van der Waals surface area contributed by atoms with E-state index in [0.717, 1.165) is 11.4 Å². The number of rotatable bonds is 6. The van der Waals surface area contributed by atoms with E-state index in [-0.39, 0.29) is 5.82 Å². The summed E-state index contributed by atoms with van der Waals surface area (Å²) in [5, 5.41) is 6.93. The zero-order chi connectivity index (χ0) is 17.6. The Morgan fingerprint density at radius 2 is 1.80 bits per heavy atom. The maximum Gasteiger partial charge on any atom is 0.229 e. The van der Waals surface area contributed by atoms with Crippen LogP contribution in [0.5, 0.6) is 0 Å². The van der Waals surface area contributed by atoms with Crippen molar-refractivity contribution in [2.75, 3.05) is 17.2 Å². The molecule has 0 aliphatic carbocycles. The number of halogens is 2. The van der Waals surface area contributed by atoms with Gasteiger partial charge in [0.1, 0.15) is 11.6 Å². The van der Waals surface area contributed by atoms with Gasteiger partial charge in [-0.3, -0.25) is 0 Å². The molecule has 0 bridgehead atoms. The van der Waals surface area contributed by atoms with Gasteiger partial charge in [-0.15, -0.1) is 0 Å². The molecule has 2 aromatic carbocycles. The molecule has 0 fully saturated rings. The smallest absolute Gasteiger partial charge is 0.229 e. The predicted octanol–water partition coefficient (Wildman–Crippen LogP) is 4.98. The quantitative estimate of drug-likeness (QED) is 0.654. The van der Waals surface area contributed by atoms with E-state index in [1.165, 1.54) is 6.07 Å². The van der Waals surface area contributed by atoms with Crippen LogP contribution in [0.4, 0.5) is 21.8 Å². The summed E-state index contributed by atoms with van der Waals surface area (Å²) >= 11 is 6.15. The number of aromatic nitrogens is 2. The van der Waals surface area contributed by atoms with Gasteiger partial charge in [-0.25, -0.2) is 9.37 Å². The van der Waals surface area contributed by atoms with Crippen molar-refractivity contribution in [1.29, 1.82) is 0 Å². The molecule has 2 N–H and O–H groups in total. The lowest BCUT2D eigenvalue weighted by Gasteiger charge is -2.11. The summed E-state index contributed by atoms with van der Waals surface area (Å²) in [5.74, 6) is 0.948. The molecule has 0 saturated heterocycles. The largest absolute Gasteiger partial charge is 0.370 e. The van der Waals surface area contributed by atoms with Crippen LogP contribution in [-0.4, -0.2) is 16.5 Å². The molecule has 1 heterocycles. The Morgan fingerprint density at radius 1 is 1.04 bits per heavy atom. The van der Waals surface area contributed by atoms with E-state index in [2.05, 4.69) is 20.6 Å². The Kier molecular flexibility index (Phi) is 5.46. The zero-order valence-corrected chi connectivity index (χ0v) is 14.5. The minimum atomic E-state index is -0.191. The van der Waals surface area contributed by atoms with Crippen molar-refractivity contribution in [2.45, 2.75) is 13.3 Å². The molecule has 6 heteroatoms. The summed E-state index contributed by atoms with van der Waals surface area (Å²) in [7, 11) is 0. The van der Waals surface area contributed by atoms with E-state index in [4.69, 9.17) is 11.6 Å². The molecule has 3 aromatic rings. The molecule has 0 atom stereocenters. The standard InChI is InChI=1S/C19H18ClFN4/c1-13-12-18(22-11-10-14-6-2-4-8-16(14)21)25-19(23-13)24-17-9-5-3-7-15(17)20/h2-9,12H,10-11H2,1H3,(H2,22,23,24,25). The van der Waals surface area contributed by atoms with E-state index >= 15 is 0 Å². The summed E-state index contributed by atoms with van der Waals surface area (Å²) in [6.07, 6.45) is 0.572. The number of aryl methyl sites for hydroxylation is 1. The maximum atomic E-state index is 13.6. The first-order valence-electron chi connectivity index (χ1n) is 7.96. The third kappa shape index (κ3) is 4.67. The summed E-state index contributed by atoms with van der Waals surface area (Å²) in [4.78, 5) is 8.81. The second-order valence-electron chi connectivity index (χ2n) is 5.59. The van der Waals surface area contributed by atoms with Gasteiger partial charge in [-0.1, -0.05) is 41.9 Å². The molecular weight excluding hydrogens is 339 g/mol. The fraction of sp³-hybridized carbons (Fsp3) is 0.158. The summed E-state index contributed by atoms with van der Waals surface area (Å²) in [6.45, 7) is 2.46. The Hall–Kier alpha value is -2.66. The lowest BCUT2D eigenvalue weighted by Crippen LogP contribution is -2.09. The van der Waals surface area contributed by atoms with Gasteiger partial charge in [0.05, 0.1) is 10.7 Å².